The van der Waals surface area contributed by atoms with E-state index in [0.29, 0.717) is 17.2 Å². The highest BCUT2D eigenvalue weighted by Gasteiger charge is 2.27. The Balaban J connectivity index is 2.69. The normalized spacial score (nSPS) is 10.7. The lowest BCUT2D eigenvalue weighted by molar-refractivity contribution is -0.576. The van der Waals surface area contributed by atoms with E-state index >= 15 is 0 Å². The summed E-state index contributed by atoms with van der Waals surface area (Å²) in [5.41, 5.74) is 1.04. The first-order valence-corrected chi connectivity index (χ1v) is 10.0. The van der Waals surface area contributed by atoms with Crippen molar-refractivity contribution in [1.82, 2.24) is 0 Å². The van der Waals surface area contributed by atoms with Gasteiger partial charge in [0.2, 0.25) is 5.75 Å². The predicted octanol–water partition coefficient (Wildman–Crippen LogP) is 2.53. The van der Waals surface area contributed by atoms with Gasteiger partial charge in [-0.1, -0.05) is 0 Å². The summed E-state index contributed by atoms with van der Waals surface area (Å²) in [6.07, 6.45) is 4.64. The molecule has 33 heavy (non-hydrogen) atoms. The molecule has 0 amide bonds. The molecule has 9 heteroatoms. The number of anilines is 1. The summed E-state index contributed by atoms with van der Waals surface area (Å²) < 4.78 is 22.6. The summed E-state index contributed by atoms with van der Waals surface area (Å²) in [4.78, 5) is 27.8. The number of hydrogen-bond acceptors (Lipinski definition) is 8. The molecule has 0 spiro atoms. The monoisotopic (exact) mass is 454 g/mol. The van der Waals surface area contributed by atoms with E-state index in [-0.39, 0.29) is 23.4 Å². The fourth-order valence-electron chi connectivity index (χ4n) is 2.99. The molecule has 1 heterocycles. The summed E-state index contributed by atoms with van der Waals surface area (Å²) >= 11 is 0. The molecule has 9 nitrogen and oxygen atoms in total. The molecule has 2 aromatic rings. The third-order valence-electron chi connectivity index (χ3n) is 4.68. The van der Waals surface area contributed by atoms with E-state index in [2.05, 4.69) is 5.87 Å². The molecular weight excluding hydrogens is 426 g/mol. The molecule has 0 saturated carbocycles. The minimum absolute atomic E-state index is 0.0948. The van der Waals surface area contributed by atoms with Gasteiger partial charge in [0.15, 0.2) is 23.9 Å². The van der Waals surface area contributed by atoms with Crippen LogP contribution in [0.2, 0.25) is 0 Å². The van der Waals surface area contributed by atoms with E-state index in [9.17, 15) is 9.59 Å². The maximum absolute atomic E-state index is 13.6. The summed E-state index contributed by atoms with van der Waals surface area (Å²) in [6, 6.07) is 6.66. The van der Waals surface area contributed by atoms with Crippen molar-refractivity contribution in [3.05, 3.63) is 53.9 Å². The lowest BCUT2D eigenvalue weighted by Crippen LogP contribution is -2.36. The molecule has 0 fully saturated rings. The number of ether oxygens (including phenoxy) is 4. The van der Waals surface area contributed by atoms with Gasteiger partial charge in [0.05, 0.1) is 27.9 Å². The first-order chi connectivity index (χ1) is 15.8. The SMILES string of the molecule is CCOC(=O)C(=C=N)C=C(C(=O)c1cc(OC)c(OC)c(OC)c1)[n+]1ccc(N(C)C)cc1. The number of allylic oxidation sites excluding steroid dienone is 1. The highest BCUT2D eigenvalue weighted by molar-refractivity contribution is 6.23. The zero-order valence-corrected chi connectivity index (χ0v) is 19.6. The molecule has 0 radical (unpaired) electrons. The van der Waals surface area contributed by atoms with E-state index in [1.807, 2.05) is 31.1 Å². The molecule has 1 N–H and O–H groups in total. The Morgan fingerprint density at radius 2 is 1.64 bits per heavy atom. The number of aromatic nitrogens is 1. The average molecular weight is 455 g/mol. The van der Waals surface area contributed by atoms with Gasteiger partial charge in [-0.2, -0.15) is 4.57 Å². The molecule has 1 aromatic heterocycles. The van der Waals surface area contributed by atoms with Crippen molar-refractivity contribution in [1.29, 1.82) is 5.41 Å². The maximum atomic E-state index is 13.6. The highest BCUT2D eigenvalue weighted by atomic mass is 16.5. The largest absolute Gasteiger partial charge is 0.493 e. The Morgan fingerprint density at radius 3 is 2.06 bits per heavy atom. The van der Waals surface area contributed by atoms with Crippen molar-refractivity contribution in [3.8, 4) is 17.2 Å². The quantitative estimate of drug-likeness (QED) is 0.147. The topological polar surface area (TPSA) is 102 Å². The molecule has 0 aliphatic rings. The van der Waals surface area contributed by atoms with Gasteiger partial charge >= 0.3 is 5.97 Å². The van der Waals surface area contributed by atoms with Crippen LogP contribution in [0.15, 0.2) is 48.3 Å². The third-order valence-corrected chi connectivity index (χ3v) is 4.68. The van der Waals surface area contributed by atoms with Crippen molar-refractivity contribution in [3.63, 3.8) is 0 Å². The van der Waals surface area contributed by atoms with Crippen LogP contribution in [0.4, 0.5) is 5.69 Å². The lowest BCUT2D eigenvalue weighted by atomic mass is 10.0. The molecule has 0 saturated heterocycles. The molecule has 174 valence electrons. The molecular formula is C24H28N3O6+. The third kappa shape index (κ3) is 5.78. The average Bonchev–Trinajstić information content (AvgIpc) is 2.83. The van der Waals surface area contributed by atoms with Crippen LogP contribution in [0, 0.1) is 5.41 Å². The number of nitrogens with zero attached hydrogens (tertiary/aromatic N) is 2. The maximum Gasteiger partial charge on any atom is 0.347 e. The summed E-state index contributed by atoms with van der Waals surface area (Å²) in [5, 5.41) is 7.53. The molecule has 0 aliphatic heterocycles. The Bertz CT molecular complexity index is 1070. The van der Waals surface area contributed by atoms with Crippen LogP contribution in [-0.2, 0) is 9.53 Å². The number of methoxy groups -OCH3 is 3. The summed E-state index contributed by atoms with van der Waals surface area (Å²) in [7, 11) is 8.17. The van der Waals surface area contributed by atoms with Gasteiger partial charge in [0.25, 0.3) is 11.5 Å². The number of carbonyl (C=O) groups is 2. The van der Waals surface area contributed by atoms with Gasteiger partial charge in [-0.3, -0.25) is 10.2 Å². The Kier molecular flexibility index (Phi) is 8.77. The van der Waals surface area contributed by atoms with Crippen molar-refractivity contribution in [2.24, 2.45) is 0 Å². The second-order valence-corrected chi connectivity index (χ2v) is 6.89. The number of Topliss-reactive ketones (excluding diaryl/α,β-unsaturated/α-hetero) is 1. The van der Waals surface area contributed by atoms with Gasteiger partial charge in [0.1, 0.15) is 5.57 Å². The zero-order chi connectivity index (χ0) is 24.5. The predicted molar refractivity (Wildman–Crippen MR) is 124 cm³/mol. The standard InChI is InChI=1S/C24H28N3O6/c1-7-33-24(29)17(15-25)12-19(27-10-8-18(9-11-27)26(2)3)22(28)16-13-20(30-4)23(32-6)21(14-16)31-5/h8-14,25H,7H2,1-6H3/q+1. The van der Waals surface area contributed by atoms with Crippen LogP contribution in [0.1, 0.15) is 17.3 Å². The Hall–Kier alpha value is -4.10. The van der Waals surface area contributed by atoms with Gasteiger partial charge in [-0.25, -0.2) is 4.79 Å². The zero-order valence-electron chi connectivity index (χ0n) is 19.6. The number of benzene rings is 1. The molecule has 2 rings (SSSR count). The van der Waals surface area contributed by atoms with Crippen molar-refractivity contribution in [2.75, 3.05) is 46.9 Å². The number of carbonyl (C=O) groups excluding carboxylic acids is 2. The van der Waals surface area contributed by atoms with E-state index in [0.717, 1.165) is 5.69 Å². The number of rotatable bonds is 10. The smallest absolute Gasteiger partial charge is 0.347 e. The van der Waals surface area contributed by atoms with Crippen LogP contribution < -0.4 is 23.7 Å². The second kappa shape index (κ2) is 11.5. The lowest BCUT2D eigenvalue weighted by Gasteiger charge is -2.14. The number of hydrogen-bond donors (Lipinski definition) is 1. The number of esters is 1. The number of pyridine rings is 1. The first-order valence-electron chi connectivity index (χ1n) is 10.0. The minimum atomic E-state index is -0.756. The van der Waals surface area contributed by atoms with E-state index in [4.69, 9.17) is 24.4 Å². The molecule has 0 aliphatic carbocycles. The molecule has 0 bridgehead atoms. The fraction of sp³-hybridized carbons (Fsp3) is 0.292. The summed E-state index contributed by atoms with van der Waals surface area (Å²) in [6.45, 7) is 1.78. The molecule has 0 atom stereocenters. The van der Waals surface area contributed by atoms with Gasteiger partial charge in [-0.15, -0.1) is 0 Å². The molecule has 0 unspecified atom stereocenters. The highest BCUT2D eigenvalue weighted by Crippen LogP contribution is 2.38. The number of nitrogens with one attached hydrogen (secondary N) is 1. The molecule has 1 aromatic carbocycles. The summed E-state index contributed by atoms with van der Waals surface area (Å²) in [5.74, 6) is 1.81. The van der Waals surface area contributed by atoms with Gasteiger partial charge < -0.3 is 23.8 Å². The minimum Gasteiger partial charge on any atom is -0.493 e. The van der Waals surface area contributed by atoms with Crippen molar-refractivity contribution < 1.29 is 33.1 Å². The van der Waals surface area contributed by atoms with E-state index in [1.165, 1.54) is 39.5 Å². The first kappa shape index (κ1) is 25.2. The Morgan fingerprint density at radius 1 is 1.06 bits per heavy atom. The van der Waals surface area contributed by atoms with Crippen molar-refractivity contribution >= 4 is 29.0 Å². The van der Waals surface area contributed by atoms with Gasteiger partial charge in [0, 0.05) is 43.6 Å². The van der Waals surface area contributed by atoms with Crippen LogP contribution in [0.5, 0.6) is 17.2 Å². The fourth-order valence-corrected chi connectivity index (χ4v) is 2.99. The van der Waals surface area contributed by atoms with Crippen LogP contribution in [-0.4, -0.2) is 59.7 Å². The van der Waals surface area contributed by atoms with Crippen LogP contribution >= 0.6 is 0 Å². The van der Waals surface area contributed by atoms with E-state index in [1.54, 1.807) is 23.9 Å². The van der Waals surface area contributed by atoms with Crippen LogP contribution in [0.25, 0.3) is 5.70 Å². The number of ketones is 1. The van der Waals surface area contributed by atoms with Gasteiger partial charge in [-0.05, 0) is 24.9 Å². The van der Waals surface area contributed by atoms with Crippen molar-refractivity contribution in [2.45, 2.75) is 6.92 Å². The Labute approximate surface area is 193 Å². The van der Waals surface area contributed by atoms with Crippen LogP contribution in [0.3, 0.4) is 0 Å². The van der Waals surface area contributed by atoms with E-state index < -0.39 is 11.8 Å². The second-order valence-electron chi connectivity index (χ2n) is 6.89.